The first kappa shape index (κ1) is 12.0. The summed E-state index contributed by atoms with van der Waals surface area (Å²) in [4.78, 5) is 0. The third-order valence-corrected chi connectivity index (χ3v) is 5.52. The van der Waals surface area contributed by atoms with Gasteiger partial charge in [-0.05, 0) is 37.5 Å². The van der Waals surface area contributed by atoms with Gasteiger partial charge in [0.15, 0.2) is 0 Å². The fourth-order valence-corrected chi connectivity index (χ4v) is 3.76. The van der Waals surface area contributed by atoms with Gasteiger partial charge in [0.05, 0.1) is 7.47 Å². The lowest BCUT2D eigenvalue weighted by Gasteiger charge is -2.30. The van der Waals surface area contributed by atoms with Crippen LogP contribution in [-0.2, 0) is 0 Å². The third kappa shape index (κ3) is 3.58. The Hall–Kier alpha value is 1.92. The van der Waals surface area contributed by atoms with Gasteiger partial charge in [-0.15, -0.1) is 0 Å². The van der Waals surface area contributed by atoms with Gasteiger partial charge in [0.25, 0.3) is 0 Å². The van der Waals surface area contributed by atoms with E-state index in [0.29, 0.717) is 7.47 Å². The molecular weight excluding hydrogens is 416 g/mol. The van der Waals surface area contributed by atoms with Crippen molar-refractivity contribution in [3.8, 4) is 0 Å². The smallest absolute Gasteiger partial charge is 0.0726 e. The minimum Gasteiger partial charge on any atom is -0.0762 e. The number of halogens is 4. The first-order chi connectivity index (χ1) is 5.61. The van der Waals surface area contributed by atoms with Crippen molar-refractivity contribution in [2.24, 2.45) is 11.8 Å². The molecule has 0 aromatic rings. The maximum atomic E-state index is 3.59. The Morgan fingerprint density at radius 2 is 0.917 bits per heavy atom. The molecule has 0 heterocycles. The zero-order valence-corrected chi connectivity index (χ0v) is 13.0. The molecule has 0 radical (unpaired) electrons. The lowest BCUT2D eigenvalue weighted by Crippen LogP contribution is -2.21. The van der Waals surface area contributed by atoms with Crippen LogP contribution >= 0.6 is 63.7 Å². The summed E-state index contributed by atoms with van der Waals surface area (Å²) in [7, 11) is 0. The van der Waals surface area contributed by atoms with Crippen LogP contribution in [0.15, 0.2) is 0 Å². The summed E-state index contributed by atoms with van der Waals surface area (Å²) in [5, 5.41) is 0. The highest BCUT2D eigenvalue weighted by Crippen LogP contribution is 2.39. The molecule has 0 unspecified atom stereocenters. The highest BCUT2D eigenvalue weighted by Gasteiger charge is 2.27. The van der Waals surface area contributed by atoms with E-state index in [1.165, 1.54) is 25.7 Å². The first-order valence-electron chi connectivity index (χ1n) is 4.17. The molecule has 0 nitrogen and oxygen atoms in total. The maximum Gasteiger partial charge on any atom is 0.0726 e. The largest absolute Gasteiger partial charge is 0.0762 e. The van der Waals surface area contributed by atoms with Crippen molar-refractivity contribution < 1.29 is 0 Å². The molecule has 0 N–H and O–H groups in total. The molecule has 1 aliphatic carbocycles. The molecule has 0 saturated heterocycles. The molecule has 1 fully saturated rings. The molecule has 12 heavy (non-hydrogen) atoms. The van der Waals surface area contributed by atoms with Crippen LogP contribution in [0.4, 0.5) is 0 Å². The van der Waals surface area contributed by atoms with Crippen LogP contribution in [0.2, 0.25) is 0 Å². The number of hydrogen-bond donors (Lipinski definition) is 0. The highest BCUT2D eigenvalue weighted by atomic mass is 79.9. The molecule has 1 saturated carbocycles. The second-order valence-corrected chi connectivity index (χ2v) is 9.75. The molecule has 0 amide bonds. The zero-order valence-electron chi connectivity index (χ0n) is 6.65. The van der Waals surface area contributed by atoms with Crippen molar-refractivity contribution in [1.29, 1.82) is 0 Å². The predicted octanol–water partition coefficient (Wildman–Crippen LogP) is 5.02. The van der Waals surface area contributed by atoms with Crippen LogP contribution in [-0.4, -0.2) is 7.47 Å². The molecule has 0 aromatic heterocycles. The Balaban J connectivity index is 2.30. The Morgan fingerprint density at radius 3 is 1.08 bits per heavy atom. The minimum atomic E-state index is 0.509. The van der Waals surface area contributed by atoms with Crippen LogP contribution in [0.3, 0.4) is 0 Å². The van der Waals surface area contributed by atoms with Gasteiger partial charge in [-0.25, -0.2) is 0 Å². The SMILES string of the molecule is BrC(Br)C1CCC(C(Br)Br)CC1. The average Bonchev–Trinajstić information content (AvgIpc) is 2.04. The van der Waals surface area contributed by atoms with Crippen LogP contribution in [0.25, 0.3) is 0 Å². The van der Waals surface area contributed by atoms with Gasteiger partial charge in [0.1, 0.15) is 0 Å². The molecule has 0 spiro atoms. The number of hydrogen-bond acceptors (Lipinski definition) is 0. The van der Waals surface area contributed by atoms with Gasteiger partial charge in [0.2, 0.25) is 0 Å². The molecule has 4 heteroatoms. The predicted molar refractivity (Wildman–Crippen MR) is 68.7 cm³/mol. The van der Waals surface area contributed by atoms with Crippen molar-refractivity contribution in [3.63, 3.8) is 0 Å². The Labute approximate surface area is 108 Å². The fraction of sp³-hybridized carbons (Fsp3) is 1.00. The molecule has 0 bridgehead atoms. The van der Waals surface area contributed by atoms with Crippen molar-refractivity contribution in [1.82, 2.24) is 0 Å². The molecule has 72 valence electrons. The monoisotopic (exact) mass is 424 g/mol. The van der Waals surface area contributed by atoms with E-state index in [1.54, 1.807) is 0 Å². The fourth-order valence-electron chi connectivity index (χ4n) is 1.65. The van der Waals surface area contributed by atoms with E-state index in [1.807, 2.05) is 0 Å². The maximum absolute atomic E-state index is 3.59. The van der Waals surface area contributed by atoms with Crippen molar-refractivity contribution in [2.75, 3.05) is 0 Å². The van der Waals surface area contributed by atoms with E-state index >= 15 is 0 Å². The van der Waals surface area contributed by atoms with Crippen molar-refractivity contribution in [3.05, 3.63) is 0 Å². The standard InChI is InChI=1S/C8H12Br4/c9-7(10)5-1-2-6(4-3-5)8(11)12/h5-8H,1-4H2. The van der Waals surface area contributed by atoms with Crippen LogP contribution in [0, 0.1) is 11.8 Å². The summed E-state index contributed by atoms with van der Waals surface area (Å²) in [6.07, 6.45) is 5.33. The van der Waals surface area contributed by atoms with Gasteiger partial charge >= 0.3 is 0 Å². The normalized spacial score (nSPS) is 31.5. The van der Waals surface area contributed by atoms with Crippen molar-refractivity contribution in [2.45, 2.75) is 33.2 Å². The van der Waals surface area contributed by atoms with E-state index < -0.39 is 0 Å². The Morgan fingerprint density at radius 1 is 0.667 bits per heavy atom. The quantitative estimate of drug-likeness (QED) is 0.543. The third-order valence-electron chi connectivity index (χ3n) is 2.53. The zero-order chi connectivity index (χ0) is 9.14. The van der Waals surface area contributed by atoms with Gasteiger partial charge in [-0.2, -0.15) is 0 Å². The van der Waals surface area contributed by atoms with Crippen LogP contribution < -0.4 is 0 Å². The lowest BCUT2D eigenvalue weighted by molar-refractivity contribution is 0.307. The first-order valence-corrected chi connectivity index (χ1v) is 7.84. The number of alkyl halides is 4. The van der Waals surface area contributed by atoms with E-state index in [9.17, 15) is 0 Å². The Bertz CT molecular complexity index is 111. The molecule has 0 atom stereocenters. The highest BCUT2D eigenvalue weighted by molar-refractivity contribution is 9.25. The summed E-state index contributed by atoms with van der Waals surface area (Å²) in [5.41, 5.74) is 0. The van der Waals surface area contributed by atoms with Crippen LogP contribution in [0.5, 0.6) is 0 Å². The molecule has 1 aliphatic rings. The van der Waals surface area contributed by atoms with E-state index in [2.05, 4.69) is 63.7 Å². The van der Waals surface area contributed by atoms with Gasteiger partial charge < -0.3 is 0 Å². The summed E-state index contributed by atoms with van der Waals surface area (Å²) >= 11 is 14.3. The van der Waals surface area contributed by atoms with Crippen molar-refractivity contribution >= 4 is 63.7 Å². The number of rotatable bonds is 2. The molecular formula is C8H12Br4. The summed E-state index contributed by atoms with van der Waals surface area (Å²) < 4.78 is 1.02. The summed E-state index contributed by atoms with van der Waals surface area (Å²) in [5.74, 6) is 1.64. The second kappa shape index (κ2) is 5.72. The van der Waals surface area contributed by atoms with Crippen LogP contribution in [0.1, 0.15) is 25.7 Å². The molecule has 0 aromatic carbocycles. The second-order valence-electron chi connectivity index (χ2n) is 3.34. The van der Waals surface area contributed by atoms with Gasteiger partial charge in [-0.1, -0.05) is 63.7 Å². The summed E-state index contributed by atoms with van der Waals surface area (Å²) in [6, 6.07) is 0. The summed E-state index contributed by atoms with van der Waals surface area (Å²) in [6.45, 7) is 0. The van der Waals surface area contributed by atoms with E-state index in [-0.39, 0.29) is 0 Å². The molecule has 1 rings (SSSR count). The average molecular weight is 428 g/mol. The van der Waals surface area contributed by atoms with Gasteiger partial charge in [0, 0.05) is 0 Å². The van der Waals surface area contributed by atoms with Gasteiger partial charge in [-0.3, -0.25) is 0 Å². The van der Waals surface area contributed by atoms with E-state index in [4.69, 9.17) is 0 Å². The minimum absolute atomic E-state index is 0.509. The Kier molecular flexibility index (Phi) is 5.71. The molecule has 0 aliphatic heterocycles. The van der Waals surface area contributed by atoms with E-state index in [0.717, 1.165) is 11.8 Å². The lowest BCUT2D eigenvalue weighted by atomic mass is 9.84. The topological polar surface area (TPSA) is 0 Å².